The number of aromatic nitrogens is 3. The Labute approximate surface area is 148 Å². The molecule has 120 valence electrons. The molecule has 0 aliphatic rings. The van der Waals surface area contributed by atoms with Crippen LogP contribution in [0.3, 0.4) is 0 Å². The van der Waals surface area contributed by atoms with Crippen molar-refractivity contribution in [2.75, 3.05) is 11.9 Å². The molecule has 3 aromatic rings. The number of alkyl halides is 1. The van der Waals surface area contributed by atoms with Crippen molar-refractivity contribution < 1.29 is 4.74 Å². The van der Waals surface area contributed by atoms with Crippen LogP contribution in [0.5, 0.6) is 5.75 Å². The maximum atomic E-state index is 5.94. The minimum Gasteiger partial charge on any atom is -0.491 e. The van der Waals surface area contributed by atoms with E-state index in [0.717, 1.165) is 40.6 Å². The van der Waals surface area contributed by atoms with Crippen molar-refractivity contribution in [3.05, 3.63) is 47.5 Å². The molecule has 0 amide bonds. The van der Waals surface area contributed by atoms with Gasteiger partial charge in [-0.25, -0.2) is 4.68 Å². The van der Waals surface area contributed by atoms with Crippen molar-refractivity contribution in [2.45, 2.75) is 19.3 Å². The molecule has 0 aliphatic heterocycles. The van der Waals surface area contributed by atoms with E-state index in [2.05, 4.69) is 26.2 Å². The highest BCUT2D eigenvalue weighted by molar-refractivity contribution is 9.09. The van der Waals surface area contributed by atoms with Crippen molar-refractivity contribution in [1.29, 1.82) is 0 Å². The van der Waals surface area contributed by atoms with E-state index < -0.39 is 0 Å². The quantitative estimate of drug-likeness (QED) is 0.417. The third-order valence-electron chi connectivity index (χ3n) is 3.55. The number of hydrogen-bond acceptors (Lipinski definition) is 3. The highest BCUT2D eigenvalue weighted by Gasteiger charge is 2.11. The molecule has 0 saturated carbocycles. The van der Waals surface area contributed by atoms with E-state index in [1.807, 2.05) is 42.5 Å². The molecule has 0 radical (unpaired) electrons. The van der Waals surface area contributed by atoms with E-state index in [-0.39, 0.29) is 0 Å². The second-order valence-electron chi connectivity index (χ2n) is 5.20. The van der Waals surface area contributed by atoms with Gasteiger partial charge in [0, 0.05) is 10.4 Å². The van der Waals surface area contributed by atoms with Gasteiger partial charge in [-0.05, 0) is 55.7 Å². The Morgan fingerprint density at radius 2 is 1.87 bits per heavy atom. The summed E-state index contributed by atoms with van der Waals surface area (Å²) in [6, 6.07) is 13.4. The lowest BCUT2D eigenvalue weighted by Crippen LogP contribution is -1.98. The standard InChI is InChI=1S/C17H17BrClN3O/c18-11-2-1-3-12-23-16-6-4-5-15-17(16)20-21-22(15)14-9-7-13(19)8-10-14/h4-10H,1-3,11-12H2. The maximum Gasteiger partial charge on any atom is 0.155 e. The van der Waals surface area contributed by atoms with Crippen molar-refractivity contribution in [3.63, 3.8) is 0 Å². The first kappa shape index (κ1) is 16.3. The first-order chi connectivity index (χ1) is 11.3. The van der Waals surface area contributed by atoms with E-state index in [1.165, 1.54) is 6.42 Å². The van der Waals surface area contributed by atoms with Gasteiger partial charge in [0.2, 0.25) is 0 Å². The molecular formula is C17H17BrClN3O. The SMILES string of the molecule is Clc1ccc(-n2nnc3c(OCCCCCBr)cccc32)cc1. The van der Waals surface area contributed by atoms with E-state index in [0.29, 0.717) is 11.6 Å². The number of unbranched alkanes of at least 4 members (excludes halogenated alkanes) is 2. The van der Waals surface area contributed by atoms with Crippen LogP contribution < -0.4 is 4.74 Å². The monoisotopic (exact) mass is 393 g/mol. The zero-order valence-corrected chi connectivity index (χ0v) is 14.9. The Hall–Kier alpha value is -1.59. The first-order valence-corrected chi connectivity index (χ1v) is 9.08. The Morgan fingerprint density at radius 3 is 2.65 bits per heavy atom. The zero-order chi connectivity index (χ0) is 16.1. The van der Waals surface area contributed by atoms with Gasteiger partial charge in [-0.2, -0.15) is 0 Å². The average molecular weight is 395 g/mol. The lowest BCUT2D eigenvalue weighted by atomic mass is 10.2. The number of benzene rings is 2. The van der Waals surface area contributed by atoms with Crippen LogP contribution in [0.4, 0.5) is 0 Å². The van der Waals surface area contributed by atoms with Gasteiger partial charge in [-0.15, -0.1) is 5.10 Å². The van der Waals surface area contributed by atoms with Gasteiger partial charge in [0.25, 0.3) is 0 Å². The lowest BCUT2D eigenvalue weighted by molar-refractivity contribution is 0.309. The molecule has 1 aromatic heterocycles. The summed E-state index contributed by atoms with van der Waals surface area (Å²) < 4.78 is 7.68. The van der Waals surface area contributed by atoms with Crippen LogP contribution in [0.2, 0.25) is 5.02 Å². The fraction of sp³-hybridized carbons (Fsp3) is 0.294. The van der Waals surface area contributed by atoms with Gasteiger partial charge >= 0.3 is 0 Å². The van der Waals surface area contributed by atoms with Gasteiger partial charge in [-0.3, -0.25) is 0 Å². The molecule has 0 spiro atoms. The zero-order valence-electron chi connectivity index (χ0n) is 12.6. The highest BCUT2D eigenvalue weighted by atomic mass is 79.9. The van der Waals surface area contributed by atoms with Crippen LogP contribution in [0.1, 0.15) is 19.3 Å². The van der Waals surface area contributed by atoms with Gasteiger partial charge in [0.1, 0.15) is 5.75 Å². The van der Waals surface area contributed by atoms with Gasteiger partial charge in [-0.1, -0.05) is 38.8 Å². The summed E-state index contributed by atoms with van der Waals surface area (Å²) in [5, 5.41) is 10.3. The predicted octanol–water partition coefficient (Wildman–Crippen LogP) is 5.02. The summed E-state index contributed by atoms with van der Waals surface area (Å²) in [5.74, 6) is 0.779. The minimum absolute atomic E-state index is 0.694. The molecular weight excluding hydrogens is 378 g/mol. The first-order valence-electron chi connectivity index (χ1n) is 7.59. The van der Waals surface area contributed by atoms with Crippen molar-refractivity contribution in [2.24, 2.45) is 0 Å². The molecule has 1 heterocycles. The molecule has 23 heavy (non-hydrogen) atoms. The summed E-state index contributed by atoms with van der Waals surface area (Å²) in [6.07, 6.45) is 3.35. The Bertz CT molecular complexity index is 773. The summed E-state index contributed by atoms with van der Waals surface area (Å²) in [7, 11) is 0. The molecule has 0 aliphatic carbocycles. The van der Waals surface area contributed by atoms with Crippen molar-refractivity contribution >= 4 is 38.6 Å². The van der Waals surface area contributed by atoms with Crippen LogP contribution in [0.25, 0.3) is 16.7 Å². The number of halogens is 2. The second kappa shape index (κ2) is 7.79. The number of hydrogen-bond donors (Lipinski definition) is 0. The van der Waals surface area contributed by atoms with Gasteiger partial charge < -0.3 is 4.74 Å². The minimum atomic E-state index is 0.694. The Balaban J connectivity index is 1.81. The molecule has 4 nitrogen and oxygen atoms in total. The molecule has 0 unspecified atom stereocenters. The lowest BCUT2D eigenvalue weighted by Gasteiger charge is -2.07. The molecule has 3 rings (SSSR count). The van der Waals surface area contributed by atoms with Crippen LogP contribution in [-0.4, -0.2) is 26.9 Å². The van der Waals surface area contributed by atoms with Crippen LogP contribution in [-0.2, 0) is 0 Å². The molecule has 0 bridgehead atoms. The highest BCUT2D eigenvalue weighted by Crippen LogP contribution is 2.25. The second-order valence-corrected chi connectivity index (χ2v) is 6.43. The van der Waals surface area contributed by atoms with E-state index in [9.17, 15) is 0 Å². The third kappa shape index (κ3) is 3.85. The fourth-order valence-corrected chi connectivity index (χ4v) is 2.89. The number of nitrogens with zero attached hydrogens (tertiary/aromatic N) is 3. The molecule has 0 atom stereocenters. The Morgan fingerprint density at radius 1 is 1.04 bits per heavy atom. The maximum absolute atomic E-state index is 5.94. The van der Waals surface area contributed by atoms with Crippen LogP contribution in [0.15, 0.2) is 42.5 Å². The van der Waals surface area contributed by atoms with Gasteiger partial charge in [0.05, 0.1) is 17.8 Å². The molecule has 0 N–H and O–H groups in total. The summed E-state index contributed by atoms with van der Waals surface area (Å²) in [5.41, 5.74) is 2.62. The number of rotatable bonds is 7. The molecule has 0 saturated heterocycles. The van der Waals surface area contributed by atoms with Crippen molar-refractivity contribution in [3.8, 4) is 11.4 Å². The Kier molecular flexibility index (Phi) is 5.51. The number of ether oxygens (including phenoxy) is 1. The summed E-state index contributed by atoms with van der Waals surface area (Å²) in [6.45, 7) is 0.694. The molecule has 6 heteroatoms. The normalized spacial score (nSPS) is 11.0. The predicted molar refractivity (Wildman–Crippen MR) is 97.0 cm³/mol. The van der Waals surface area contributed by atoms with Gasteiger partial charge in [0.15, 0.2) is 5.52 Å². The average Bonchev–Trinajstić information content (AvgIpc) is 3.00. The summed E-state index contributed by atoms with van der Waals surface area (Å²) >= 11 is 9.38. The molecule has 0 fully saturated rings. The van der Waals surface area contributed by atoms with Crippen LogP contribution >= 0.6 is 27.5 Å². The largest absolute Gasteiger partial charge is 0.491 e. The topological polar surface area (TPSA) is 39.9 Å². The number of fused-ring (bicyclic) bond motifs is 1. The summed E-state index contributed by atoms with van der Waals surface area (Å²) in [4.78, 5) is 0. The third-order valence-corrected chi connectivity index (χ3v) is 4.36. The fourth-order valence-electron chi connectivity index (χ4n) is 2.36. The smallest absolute Gasteiger partial charge is 0.155 e. The van der Waals surface area contributed by atoms with Crippen LogP contribution in [0, 0.1) is 0 Å². The molecule has 2 aromatic carbocycles. The van der Waals surface area contributed by atoms with E-state index in [1.54, 1.807) is 4.68 Å². The van der Waals surface area contributed by atoms with E-state index >= 15 is 0 Å². The van der Waals surface area contributed by atoms with E-state index in [4.69, 9.17) is 16.3 Å². The van der Waals surface area contributed by atoms with Crippen molar-refractivity contribution in [1.82, 2.24) is 15.0 Å².